The van der Waals surface area contributed by atoms with Crippen molar-refractivity contribution in [3.05, 3.63) is 58.1 Å². The molecule has 0 bridgehead atoms. The monoisotopic (exact) mass is 462 g/mol. The molecule has 0 aromatic heterocycles. The smallest absolute Gasteiger partial charge is 0.410 e. The van der Waals surface area contributed by atoms with E-state index in [1.54, 1.807) is 17.0 Å². The number of carbonyl (C=O) groups is 2. The second-order valence-corrected chi connectivity index (χ2v) is 7.56. The van der Waals surface area contributed by atoms with Gasteiger partial charge >= 0.3 is 12.1 Å². The first-order valence-electron chi connectivity index (χ1n) is 9.27. The van der Waals surface area contributed by atoms with E-state index in [-0.39, 0.29) is 24.4 Å². The number of nitrogen functional groups attached to an aromatic ring is 1. The van der Waals surface area contributed by atoms with Gasteiger partial charge in [0, 0.05) is 31.6 Å². The molecule has 29 heavy (non-hydrogen) atoms. The predicted molar refractivity (Wildman–Crippen MR) is 112 cm³/mol. The van der Waals surface area contributed by atoms with Crippen molar-refractivity contribution in [2.75, 3.05) is 25.9 Å². The number of rotatable bonds is 5. The Kier molecular flexibility index (Phi) is 6.98. The number of anilines is 1. The van der Waals surface area contributed by atoms with E-state index in [1.165, 1.54) is 7.11 Å². The van der Waals surface area contributed by atoms with E-state index in [2.05, 4.69) is 15.9 Å². The molecule has 1 saturated heterocycles. The molecule has 1 fully saturated rings. The van der Waals surface area contributed by atoms with E-state index in [1.807, 2.05) is 30.3 Å². The lowest BCUT2D eigenvalue weighted by atomic mass is 10.1. The Hall–Kier alpha value is -2.74. The molecule has 1 heterocycles. The molecule has 3 rings (SSSR count). The molecule has 0 spiro atoms. The second kappa shape index (κ2) is 9.65. The van der Waals surface area contributed by atoms with Gasteiger partial charge in [-0.25, -0.2) is 9.59 Å². The highest BCUT2D eigenvalue weighted by atomic mass is 79.9. The highest BCUT2D eigenvalue weighted by molar-refractivity contribution is 9.10. The topological polar surface area (TPSA) is 91.1 Å². The van der Waals surface area contributed by atoms with Crippen LogP contribution in [0, 0.1) is 0 Å². The van der Waals surface area contributed by atoms with Crippen molar-refractivity contribution in [3.8, 4) is 5.75 Å². The molecule has 2 N–H and O–H groups in total. The number of nitrogens with zero attached hydrogens (tertiary/aromatic N) is 1. The summed E-state index contributed by atoms with van der Waals surface area (Å²) >= 11 is 3.42. The average Bonchev–Trinajstić information content (AvgIpc) is 2.74. The van der Waals surface area contributed by atoms with E-state index < -0.39 is 5.97 Å². The van der Waals surface area contributed by atoms with Crippen molar-refractivity contribution in [2.45, 2.75) is 25.6 Å². The van der Waals surface area contributed by atoms with E-state index in [9.17, 15) is 9.59 Å². The van der Waals surface area contributed by atoms with E-state index in [4.69, 9.17) is 19.9 Å². The third-order valence-electron chi connectivity index (χ3n) is 4.71. The summed E-state index contributed by atoms with van der Waals surface area (Å²) < 4.78 is 16.8. The Morgan fingerprint density at radius 1 is 1.17 bits per heavy atom. The van der Waals surface area contributed by atoms with Crippen LogP contribution in [0.4, 0.5) is 10.5 Å². The standard InChI is InChI=1S/C21H23BrN2O5/c1-27-20(25)16-11-19(17(22)12-18(16)23)29-15-7-9-24(10-8-15)21(26)28-13-14-5-3-2-4-6-14/h2-6,11-12,15H,7-10,13,23H2,1H3. The maximum atomic E-state index is 12.3. The fourth-order valence-corrected chi connectivity index (χ4v) is 3.55. The van der Waals surface area contributed by atoms with Crippen LogP contribution in [-0.4, -0.2) is 43.3 Å². The summed E-state index contributed by atoms with van der Waals surface area (Å²) in [7, 11) is 1.30. The van der Waals surface area contributed by atoms with Crippen LogP contribution in [0.5, 0.6) is 5.75 Å². The first-order valence-corrected chi connectivity index (χ1v) is 10.1. The highest BCUT2D eigenvalue weighted by Crippen LogP contribution is 2.32. The fraction of sp³-hybridized carbons (Fsp3) is 0.333. The van der Waals surface area contributed by atoms with Crippen LogP contribution in [-0.2, 0) is 16.1 Å². The van der Waals surface area contributed by atoms with Crippen LogP contribution in [0.15, 0.2) is 46.9 Å². The van der Waals surface area contributed by atoms with E-state index in [0.29, 0.717) is 41.8 Å². The van der Waals surface area contributed by atoms with Gasteiger partial charge in [0.05, 0.1) is 17.1 Å². The number of hydrogen-bond donors (Lipinski definition) is 1. The molecule has 2 aromatic rings. The summed E-state index contributed by atoms with van der Waals surface area (Å²) in [6.45, 7) is 1.33. The van der Waals surface area contributed by atoms with Crippen molar-refractivity contribution < 1.29 is 23.8 Å². The maximum Gasteiger partial charge on any atom is 0.410 e. The summed E-state index contributed by atoms with van der Waals surface area (Å²) in [5.41, 5.74) is 7.40. The molecule has 0 radical (unpaired) electrons. The Bertz CT molecular complexity index is 867. The molecule has 1 aliphatic heterocycles. The van der Waals surface area contributed by atoms with Gasteiger partial charge in [-0.3, -0.25) is 0 Å². The normalized spacial score (nSPS) is 14.3. The lowest BCUT2D eigenvalue weighted by Crippen LogP contribution is -2.42. The SMILES string of the molecule is COC(=O)c1cc(OC2CCN(C(=O)OCc3ccccc3)CC2)c(Br)cc1N. The van der Waals surface area contributed by atoms with Crippen LogP contribution in [0.2, 0.25) is 0 Å². The number of piperidine rings is 1. The van der Waals surface area contributed by atoms with E-state index in [0.717, 1.165) is 5.56 Å². The van der Waals surface area contributed by atoms with Crippen LogP contribution < -0.4 is 10.5 Å². The molecular formula is C21H23BrN2O5. The first-order chi connectivity index (χ1) is 14.0. The van der Waals surface area contributed by atoms with Crippen LogP contribution >= 0.6 is 15.9 Å². The van der Waals surface area contributed by atoms with Gasteiger partial charge in [0.1, 0.15) is 18.5 Å². The third-order valence-corrected chi connectivity index (χ3v) is 5.33. The number of ether oxygens (including phenoxy) is 3. The molecule has 7 nitrogen and oxygen atoms in total. The molecule has 1 amide bonds. The minimum Gasteiger partial charge on any atom is -0.489 e. The molecule has 0 atom stereocenters. The largest absolute Gasteiger partial charge is 0.489 e. The summed E-state index contributed by atoms with van der Waals surface area (Å²) in [5, 5.41) is 0. The number of hydrogen-bond acceptors (Lipinski definition) is 6. The molecule has 154 valence electrons. The second-order valence-electron chi connectivity index (χ2n) is 6.71. The van der Waals surface area contributed by atoms with Crippen molar-refractivity contribution in [1.82, 2.24) is 4.90 Å². The lowest BCUT2D eigenvalue weighted by molar-refractivity contribution is 0.0590. The van der Waals surface area contributed by atoms with Crippen LogP contribution in [0.3, 0.4) is 0 Å². The number of amides is 1. The molecule has 0 aliphatic carbocycles. The summed E-state index contributed by atoms with van der Waals surface area (Å²) in [5.74, 6) is 0.000495. The lowest BCUT2D eigenvalue weighted by Gasteiger charge is -2.31. The van der Waals surface area contributed by atoms with Gasteiger partial charge in [0.25, 0.3) is 0 Å². The number of esters is 1. The van der Waals surface area contributed by atoms with Gasteiger partial charge in [-0.15, -0.1) is 0 Å². The molecule has 8 heteroatoms. The van der Waals surface area contributed by atoms with Crippen LogP contribution in [0.1, 0.15) is 28.8 Å². The van der Waals surface area contributed by atoms with Gasteiger partial charge in [-0.2, -0.15) is 0 Å². The van der Waals surface area contributed by atoms with Crippen molar-refractivity contribution in [2.24, 2.45) is 0 Å². The minimum absolute atomic E-state index is 0.0846. The number of halogens is 1. The Labute approximate surface area is 177 Å². The summed E-state index contributed by atoms with van der Waals surface area (Å²) in [6, 6.07) is 12.8. The Morgan fingerprint density at radius 2 is 1.86 bits per heavy atom. The van der Waals surface area contributed by atoms with Crippen molar-refractivity contribution in [1.29, 1.82) is 0 Å². The zero-order valence-electron chi connectivity index (χ0n) is 16.1. The molecule has 1 aliphatic rings. The van der Waals surface area contributed by atoms with Gasteiger partial charge in [0.2, 0.25) is 0 Å². The average molecular weight is 463 g/mol. The van der Waals surface area contributed by atoms with E-state index >= 15 is 0 Å². The molecule has 2 aromatic carbocycles. The maximum absolute atomic E-state index is 12.3. The molecule has 0 saturated carbocycles. The first kappa shape index (κ1) is 21.0. The Balaban J connectivity index is 1.53. The van der Waals surface area contributed by atoms with Gasteiger partial charge in [-0.05, 0) is 33.6 Å². The minimum atomic E-state index is -0.518. The van der Waals surface area contributed by atoms with Gasteiger partial charge in [0.15, 0.2) is 0 Å². The molecular weight excluding hydrogens is 440 g/mol. The van der Waals surface area contributed by atoms with Crippen LogP contribution in [0.25, 0.3) is 0 Å². The zero-order valence-corrected chi connectivity index (χ0v) is 17.7. The predicted octanol–water partition coefficient (Wildman–Crippen LogP) is 4.00. The number of carbonyl (C=O) groups excluding carboxylic acids is 2. The van der Waals surface area contributed by atoms with Crippen molar-refractivity contribution in [3.63, 3.8) is 0 Å². The quantitative estimate of drug-likeness (QED) is 0.533. The number of nitrogens with two attached hydrogens (primary N) is 1. The zero-order chi connectivity index (χ0) is 20.8. The number of benzene rings is 2. The van der Waals surface area contributed by atoms with Gasteiger partial charge < -0.3 is 24.8 Å². The highest BCUT2D eigenvalue weighted by Gasteiger charge is 2.26. The Morgan fingerprint density at radius 3 is 2.52 bits per heavy atom. The number of likely N-dealkylation sites (tertiary alicyclic amines) is 1. The molecule has 0 unspecified atom stereocenters. The fourth-order valence-electron chi connectivity index (χ4n) is 3.09. The summed E-state index contributed by atoms with van der Waals surface area (Å²) in [4.78, 5) is 25.8. The number of methoxy groups -OCH3 is 1. The summed E-state index contributed by atoms with van der Waals surface area (Å²) in [6.07, 6.45) is 0.905. The van der Waals surface area contributed by atoms with Gasteiger partial charge in [-0.1, -0.05) is 30.3 Å². The third kappa shape index (κ3) is 5.41. The van der Waals surface area contributed by atoms with Crippen molar-refractivity contribution >= 4 is 33.7 Å².